The number of methoxy groups -OCH3 is 1. The molecular weight excluding hydrogens is 396 g/mol. The molecule has 3 rings (SSSR count). The van der Waals surface area contributed by atoms with Crippen molar-refractivity contribution in [2.75, 3.05) is 20.3 Å². The Balaban J connectivity index is 1.75. The van der Waals surface area contributed by atoms with Crippen molar-refractivity contribution in [3.63, 3.8) is 0 Å². The van der Waals surface area contributed by atoms with Gasteiger partial charge in [-0.05, 0) is 37.7 Å². The Hall–Kier alpha value is -2.26. The first-order chi connectivity index (χ1) is 13.9. The molecule has 0 unspecified atom stereocenters. The van der Waals surface area contributed by atoms with Crippen LogP contribution in [0, 0.1) is 12.8 Å². The summed E-state index contributed by atoms with van der Waals surface area (Å²) in [5, 5.41) is 0.329. The Morgan fingerprint density at radius 3 is 2.83 bits per heavy atom. The average molecular weight is 423 g/mol. The molecule has 158 valence electrons. The van der Waals surface area contributed by atoms with Crippen molar-refractivity contribution in [2.24, 2.45) is 5.92 Å². The van der Waals surface area contributed by atoms with Gasteiger partial charge in [0.1, 0.15) is 29.0 Å². The lowest BCUT2D eigenvalue weighted by Gasteiger charge is -2.26. The van der Waals surface area contributed by atoms with Crippen LogP contribution in [0.5, 0.6) is 0 Å². The molecule has 0 radical (unpaired) electrons. The molecule has 0 amide bonds. The van der Waals surface area contributed by atoms with Crippen molar-refractivity contribution in [1.29, 1.82) is 0 Å². The maximum absolute atomic E-state index is 12.9. The van der Waals surface area contributed by atoms with E-state index in [4.69, 9.17) is 14.2 Å². The van der Waals surface area contributed by atoms with Crippen LogP contribution in [0.15, 0.2) is 11.1 Å². The fourth-order valence-electron chi connectivity index (χ4n) is 3.60. The Morgan fingerprint density at radius 1 is 1.31 bits per heavy atom. The van der Waals surface area contributed by atoms with Crippen molar-refractivity contribution >= 4 is 33.5 Å². The summed E-state index contributed by atoms with van der Waals surface area (Å²) in [7, 11) is 1.52. The summed E-state index contributed by atoms with van der Waals surface area (Å²) in [5.74, 6) is -0.420. The molecule has 2 heterocycles. The molecule has 2 aromatic rings. The molecule has 2 aromatic heterocycles. The lowest BCUT2D eigenvalue weighted by atomic mass is 9.89. The molecule has 0 aliphatic heterocycles. The fraction of sp³-hybridized carbons (Fsp3) is 0.600. The summed E-state index contributed by atoms with van der Waals surface area (Å²) in [4.78, 5) is 42.5. The van der Waals surface area contributed by atoms with Crippen LogP contribution in [0.1, 0.15) is 47.8 Å². The van der Waals surface area contributed by atoms with Crippen molar-refractivity contribution < 1.29 is 23.8 Å². The van der Waals surface area contributed by atoms with Crippen molar-refractivity contribution in [2.45, 2.75) is 52.2 Å². The van der Waals surface area contributed by atoms with Gasteiger partial charge in [-0.3, -0.25) is 14.2 Å². The van der Waals surface area contributed by atoms with Crippen molar-refractivity contribution in [1.82, 2.24) is 9.55 Å². The van der Waals surface area contributed by atoms with Gasteiger partial charge in [0.25, 0.3) is 5.56 Å². The summed E-state index contributed by atoms with van der Waals surface area (Å²) in [6, 6.07) is 0. The largest absolute Gasteiger partial charge is 0.461 e. The van der Waals surface area contributed by atoms with Crippen LogP contribution >= 0.6 is 11.3 Å². The van der Waals surface area contributed by atoms with Gasteiger partial charge in [-0.2, -0.15) is 0 Å². The second-order valence-corrected chi connectivity index (χ2v) is 8.43. The molecule has 0 saturated heterocycles. The lowest BCUT2D eigenvalue weighted by Crippen LogP contribution is -2.30. The zero-order valence-electron chi connectivity index (χ0n) is 16.9. The monoisotopic (exact) mass is 422 g/mol. The number of hydrogen-bond donors (Lipinski definition) is 0. The maximum Gasteiger partial charge on any atom is 0.348 e. The van der Waals surface area contributed by atoms with E-state index in [1.165, 1.54) is 18.0 Å². The third kappa shape index (κ3) is 5.02. The van der Waals surface area contributed by atoms with Gasteiger partial charge >= 0.3 is 11.9 Å². The molecular formula is C20H26N2O6S. The second-order valence-electron chi connectivity index (χ2n) is 7.43. The number of carbonyl (C=O) groups excluding carboxylic acids is 2. The van der Waals surface area contributed by atoms with Gasteiger partial charge in [0, 0.05) is 7.11 Å². The van der Waals surface area contributed by atoms with Gasteiger partial charge in [0.2, 0.25) is 0 Å². The molecule has 0 spiro atoms. The quantitative estimate of drug-likeness (QED) is 0.500. The molecule has 1 fully saturated rings. The van der Waals surface area contributed by atoms with E-state index in [-0.39, 0.29) is 24.8 Å². The van der Waals surface area contributed by atoms with Gasteiger partial charge in [-0.15, -0.1) is 11.3 Å². The van der Waals surface area contributed by atoms with Gasteiger partial charge < -0.3 is 14.2 Å². The minimum Gasteiger partial charge on any atom is -0.461 e. The van der Waals surface area contributed by atoms with Crippen LogP contribution in [0.4, 0.5) is 0 Å². The maximum atomic E-state index is 12.9. The molecule has 1 aliphatic carbocycles. The van der Waals surface area contributed by atoms with Crippen LogP contribution in [0.3, 0.4) is 0 Å². The van der Waals surface area contributed by atoms with E-state index >= 15 is 0 Å². The molecule has 1 saturated carbocycles. The Kier molecular flexibility index (Phi) is 7.02. The van der Waals surface area contributed by atoms with E-state index in [1.807, 2.05) is 0 Å². The van der Waals surface area contributed by atoms with Crippen molar-refractivity contribution in [3.8, 4) is 0 Å². The first kappa shape index (κ1) is 21.4. The number of rotatable bonds is 7. The smallest absolute Gasteiger partial charge is 0.348 e. The lowest BCUT2D eigenvalue weighted by molar-refractivity contribution is -0.152. The SMILES string of the molecule is COCCOC(=O)c1sc2ncn(CC(=O)O[C@@H]3CCC[C@H](C)C3)c(=O)c2c1C. The number of thiophene rings is 1. The summed E-state index contributed by atoms with van der Waals surface area (Å²) in [6.45, 7) is 4.06. The Bertz CT molecular complexity index is 950. The number of aromatic nitrogens is 2. The van der Waals surface area contributed by atoms with Crippen LogP contribution in [-0.2, 0) is 25.5 Å². The molecule has 2 atom stereocenters. The highest BCUT2D eigenvalue weighted by Gasteiger charge is 2.24. The van der Waals surface area contributed by atoms with E-state index in [1.54, 1.807) is 6.92 Å². The van der Waals surface area contributed by atoms with E-state index in [9.17, 15) is 14.4 Å². The minimum atomic E-state index is -0.515. The molecule has 1 aliphatic rings. The van der Waals surface area contributed by atoms with E-state index < -0.39 is 11.9 Å². The number of carbonyl (C=O) groups is 2. The van der Waals surface area contributed by atoms with Crippen LogP contribution in [0.2, 0.25) is 0 Å². The highest BCUT2D eigenvalue weighted by atomic mass is 32.1. The predicted octanol–water partition coefficient (Wildman–Crippen LogP) is 2.69. The third-order valence-electron chi connectivity index (χ3n) is 5.11. The van der Waals surface area contributed by atoms with Crippen molar-refractivity contribution in [3.05, 3.63) is 27.1 Å². The Morgan fingerprint density at radius 2 is 2.10 bits per heavy atom. The summed E-state index contributed by atoms with van der Waals surface area (Å²) < 4.78 is 16.8. The average Bonchev–Trinajstić information content (AvgIpc) is 3.01. The van der Waals surface area contributed by atoms with Crippen LogP contribution in [0.25, 0.3) is 10.2 Å². The number of ether oxygens (including phenoxy) is 3. The summed E-state index contributed by atoms with van der Waals surface area (Å²) >= 11 is 1.10. The normalized spacial score (nSPS) is 19.3. The zero-order chi connectivity index (χ0) is 21.0. The topological polar surface area (TPSA) is 96.7 Å². The highest BCUT2D eigenvalue weighted by molar-refractivity contribution is 7.20. The van der Waals surface area contributed by atoms with Gasteiger partial charge in [-0.25, -0.2) is 9.78 Å². The molecule has 0 bridgehead atoms. The fourth-order valence-corrected chi connectivity index (χ4v) is 4.63. The molecule has 0 N–H and O–H groups in total. The minimum absolute atomic E-state index is 0.0880. The Labute approximate surface area is 172 Å². The standard InChI is InChI=1S/C20H26N2O6S/c1-12-5-4-6-14(9-12)28-15(23)10-22-11-21-18-16(19(22)24)13(2)17(29-18)20(25)27-8-7-26-3/h11-12,14H,4-10H2,1-3H3/t12-,14+/m0/s1. The van der Waals surface area contributed by atoms with Gasteiger partial charge in [-0.1, -0.05) is 13.3 Å². The predicted molar refractivity (Wildman–Crippen MR) is 108 cm³/mol. The second kappa shape index (κ2) is 9.49. The van der Waals surface area contributed by atoms with E-state index in [0.717, 1.165) is 37.0 Å². The number of aryl methyl sites for hydroxylation is 1. The molecule has 29 heavy (non-hydrogen) atoms. The first-order valence-corrected chi connectivity index (χ1v) is 10.6. The molecule has 9 heteroatoms. The number of hydrogen-bond acceptors (Lipinski definition) is 8. The highest BCUT2D eigenvalue weighted by Crippen LogP contribution is 2.28. The van der Waals surface area contributed by atoms with Crippen LogP contribution < -0.4 is 5.56 Å². The van der Waals surface area contributed by atoms with E-state index in [2.05, 4.69) is 11.9 Å². The third-order valence-corrected chi connectivity index (χ3v) is 6.29. The van der Waals surface area contributed by atoms with E-state index in [0.29, 0.717) is 33.2 Å². The molecule has 0 aromatic carbocycles. The number of nitrogens with zero attached hydrogens (tertiary/aromatic N) is 2. The number of esters is 2. The first-order valence-electron chi connectivity index (χ1n) is 9.74. The summed E-state index contributed by atoms with van der Waals surface area (Å²) in [5.41, 5.74) is 0.141. The van der Waals surface area contributed by atoms with Crippen LogP contribution in [-0.4, -0.2) is 47.9 Å². The van der Waals surface area contributed by atoms with Gasteiger partial charge in [0.15, 0.2) is 0 Å². The number of fused-ring (bicyclic) bond motifs is 1. The molecule has 8 nitrogen and oxygen atoms in total. The van der Waals surface area contributed by atoms with Gasteiger partial charge in [0.05, 0.1) is 18.3 Å². The zero-order valence-corrected chi connectivity index (χ0v) is 17.8. The summed E-state index contributed by atoms with van der Waals surface area (Å²) in [6.07, 6.45) is 5.16.